The molecule has 0 amide bonds. The molecule has 138 valence electrons. The van der Waals surface area contributed by atoms with Crippen LogP contribution in [0, 0.1) is 6.92 Å². The van der Waals surface area contributed by atoms with E-state index in [1.54, 1.807) is 0 Å². The molecule has 1 heterocycles. The highest BCUT2D eigenvalue weighted by molar-refractivity contribution is 5.69. The summed E-state index contributed by atoms with van der Waals surface area (Å²) in [6, 6.07) is 19.3. The van der Waals surface area contributed by atoms with Gasteiger partial charge in [-0.25, -0.2) is 0 Å². The number of piperidine rings is 1. The summed E-state index contributed by atoms with van der Waals surface area (Å²) in [7, 11) is 0. The smallest absolute Gasteiger partial charge is 0.317 e. The Labute approximate surface area is 156 Å². The van der Waals surface area contributed by atoms with Gasteiger partial charge in [-0.3, -0.25) is 9.69 Å². The highest BCUT2D eigenvalue weighted by Gasteiger charge is 2.26. The Balaban J connectivity index is 1.57. The molecule has 0 bridgehead atoms. The third kappa shape index (κ3) is 5.09. The van der Waals surface area contributed by atoms with Crippen LogP contribution in [0.4, 0.5) is 5.69 Å². The molecule has 1 saturated heterocycles. The van der Waals surface area contributed by atoms with Crippen molar-refractivity contribution in [2.75, 3.05) is 31.1 Å². The Morgan fingerprint density at radius 3 is 2.35 bits per heavy atom. The molecule has 4 heteroatoms. The normalized spacial score (nSPS) is 15.4. The van der Waals surface area contributed by atoms with Crippen molar-refractivity contribution in [1.29, 1.82) is 0 Å². The summed E-state index contributed by atoms with van der Waals surface area (Å²) in [5.41, 5.74) is 3.81. The Kier molecular flexibility index (Phi) is 6.29. The molecule has 1 aliphatic rings. The highest BCUT2D eigenvalue weighted by Crippen LogP contribution is 2.23. The third-order valence-electron chi connectivity index (χ3n) is 5.25. The number of nitrogens with zero attached hydrogens (tertiary/aromatic N) is 2. The van der Waals surface area contributed by atoms with E-state index >= 15 is 0 Å². The SMILES string of the molecule is Cc1ccc(N2CCC(N(CCc3ccccc3)CC(=O)O)CC2)cc1. The first-order valence-electron chi connectivity index (χ1n) is 9.43. The van der Waals surface area contributed by atoms with Gasteiger partial charge in [-0.2, -0.15) is 0 Å². The third-order valence-corrected chi connectivity index (χ3v) is 5.25. The van der Waals surface area contributed by atoms with Crippen molar-refractivity contribution in [2.45, 2.75) is 32.2 Å². The minimum absolute atomic E-state index is 0.127. The van der Waals surface area contributed by atoms with Gasteiger partial charge in [0.1, 0.15) is 0 Å². The molecular formula is C22H28N2O2. The van der Waals surface area contributed by atoms with Crippen LogP contribution in [0.15, 0.2) is 54.6 Å². The molecule has 4 nitrogen and oxygen atoms in total. The number of carboxylic acid groups (broad SMARTS) is 1. The highest BCUT2D eigenvalue weighted by atomic mass is 16.4. The van der Waals surface area contributed by atoms with Crippen LogP contribution < -0.4 is 4.90 Å². The number of hydrogen-bond donors (Lipinski definition) is 1. The van der Waals surface area contributed by atoms with E-state index in [2.05, 4.69) is 53.1 Å². The summed E-state index contributed by atoms with van der Waals surface area (Å²) in [6.07, 6.45) is 2.91. The van der Waals surface area contributed by atoms with Crippen LogP contribution in [0.5, 0.6) is 0 Å². The van der Waals surface area contributed by atoms with E-state index in [1.165, 1.54) is 16.8 Å². The van der Waals surface area contributed by atoms with E-state index in [-0.39, 0.29) is 6.54 Å². The van der Waals surface area contributed by atoms with Crippen LogP contribution in [0.3, 0.4) is 0 Å². The topological polar surface area (TPSA) is 43.8 Å². The van der Waals surface area contributed by atoms with Gasteiger partial charge in [0.05, 0.1) is 6.54 Å². The fraction of sp³-hybridized carbons (Fsp3) is 0.409. The maximum absolute atomic E-state index is 11.3. The molecule has 1 aliphatic heterocycles. The van der Waals surface area contributed by atoms with Gasteiger partial charge in [0, 0.05) is 31.4 Å². The number of carboxylic acids is 1. The van der Waals surface area contributed by atoms with Gasteiger partial charge < -0.3 is 10.0 Å². The number of aliphatic carboxylic acids is 1. The first kappa shape index (κ1) is 18.5. The Bertz CT molecular complexity index is 692. The minimum Gasteiger partial charge on any atom is -0.480 e. The molecule has 0 aromatic heterocycles. The molecule has 2 aromatic carbocycles. The zero-order chi connectivity index (χ0) is 18.4. The van der Waals surface area contributed by atoms with E-state index in [1.807, 2.05) is 18.2 Å². The monoisotopic (exact) mass is 352 g/mol. The molecule has 0 aliphatic carbocycles. The average molecular weight is 352 g/mol. The number of aryl methyl sites for hydroxylation is 1. The maximum atomic E-state index is 11.3. The van der Waals surface area contributed by atoms with Gasteiger partial charge in [0.15, 0.2) is 0 Å². The molecule has 3 rings (SSSR count). The largest absolute Gasteiger partial charge is 0.480 e. The van der Waals surface area contributed by atoms with Gasteiger partial charge >= 0.3 is 5.97 Å². The number of benzene rings is 2. The lowest BCUT2D eigenvalue weighted by atomic mass is 10.0. The number of hydrogen-bond acceptors (Lipinski definition) is 3. The van der Waals surface area contributed by atoms with Crippen molar-refractivity contribution < 1.29 is 9.90 Å². The summed E-state index contributed by atoms with van der Waals surface area (Å²) in [6.45, 7) is 4.99. The van der Waals surface area contributed by atoms with E-state index in [9.17, 15) is 9.90 Å². The fourth-order valence-corrected chi connectivity index (χ4v) is 3.73. The molecular weight excluding hydrogens is 324 g/mol. The summed E-state index contributed by atoms with van der Waals surface area (Å²) in [4.78, 5) is 15.9. The summed E-state index contributed by atoms with van der Waals surface area (Å²) < 4.78 is 0. The summed E-state index contributed by atoms with van der Waals surface area (Å²) in [5.74, 6) is -0.737. The van der Waals surface area contributed by atoms with Crippen LogP contribution in [0.25, 0.3) is 0 Å². The molecule has 0 radical (unpaired) electrons. The predicted octanol–water partition coefficient (Wildman–Crippen LogP) is 3.59. The molecule has 0 saturated carbocycles. The second-order valence-corrected chi connectivity index (χ2v) is 7.15. The van der Waals surface area contributed by atoms with E-state index in [4.69, 9.17) is 0 Å². The molecule has 26 heavy (non-hydrogen) atoms. The molecule has 0 atom stereocenters. The van der Waals surface area contributed by atoms with Crippen molar-refractivity contribution in [2.24, 2.45) is 0 Å². The number of carbonyl (C=O) groups is 1. The quantitative estimate of drug-likeness (QED) is 0.827. The standard InChI is InChI=1S/C22H28N2O2/c1-18-7-9-20(10-8-18)23-15-12-21(13-16-23)24(17-22(25)26)14-11-19-5-3-2-4-6-19/h2-10,21H,11-17H2,1H3,(H,25,26). The molecule has 1 N–H and O–H groups in total. The van der Waals surface area contributed by atoms with Gasteiger partial charge in [-0.1, -0.05) is 48.0 Å². The van der Waals surface area contributed by atoms with Crippen LogP contribution in [0.2, 0.25) is 0 Å². The molecule has 0 unspecified atom stereocenters. The fourth-order valence-electron chi connectivity index (χ4n) is 3.73. The van der Waals surface area contributed by atoms with Crippen molar-refractivity contribution in [3.63, 3.8) is 0 Å². The Morgan fingerprint density at radius 2 is 1.73 bits per heavy atom. The second kappa shape index (κ2) is 8.86. The number of rotatable bonds is 7. The van der Waals surface area contributed by atoms with Crippen molar-refractivity contribution >= 4 is 11.7 Å². The summed E-state index contributed by atoms with van der Waals surface area (Å²) >= 11 is 0. The van der Waals surface area contributed by atoms with Crippen LogP contribution in [-0.2, 0) is 11.2 Å². The van der Waals surface area contributed by atoms with Gasteiger partial charge in [-0.15, -0.1) is 0 Å². The lowest BCUT2D eigenvalue weighted by Crippen LogP contribution is -2.47. The molecule has 1 fully saturated rings. The van der Waals surface area contributed by atoms with E-state index in [0.29, 0.717) is 6.04 Å². The second-order valence-electron chi connectivity index (χ2n) is 7.15. The van der Waals surface area contributed by atoms with E-state index < -0.39 is 5.97 Å². The van der Waals surface area contributed by atoms with Crippen molar-refractivity contribution in [3.8, 4) is 0 Å². The molecule has 2 aromatic rings. The first-order valence-corrected chi connectivity index (χ1v) is 9.43. The lowest BCUT2D eigenvalue weighted by Gasteiger charge is -2.39. The van der Waals surface area contributed by atoms with Crippen LogP contribution in [-0.4, -0.2) is 48.2 Å². The van der Waals surface area contributed by atoms with Gasteiger partial charge in [0.2, 0.25) is 0 Å². The lowest BCUT2D eigenvalue weighted by molar-refractivity contribution is -0.139. The van der Waals surface area contributed by atoms with Crippen molar-refractivity contribution in [3.05, 3.63) is 65.7 Å². The zero-order valence-corrected chi connectivity index (χ0v) is 15.5. The average Bonchev–Trinajstić information content (AvgIpc) is 2.66. The number of anilines is 1. The maximum Gasteiger partial charge on any atom is 0.317 e. The van der Waals surface area contributed by atoms with Gasteiger partial charge in [0.25, 0.3) is 0 Å². The zero-order valence-electron chi connectivity index (χ0n) is 15.5. The van der Waals surface area contributed by atoms with E-state index in [0.717, 1.165) is 38.9 Å². The Hall–Kier alpha value is -2.33. The Morgan fingerprint density at radius 1 is 1.08 bits per heavy atom. The van der Waals surface area contributed by atoms with Crippen LogP contribution >= 0.6 is 0 Å². The predicted molar refractivity (Wildman–Crippen MR) is 106 cm³/mol. The first-order chi connectivity index (χ1) is 12.6. The van der Waals surface area contributed by atoms with Crippen molar-refractivity contribution in [1.82, 2.24) is 4.90 Å². The minimum atomic E-state index is -0.737. The molecule has 0 spiro atoms. The summed E-state index contributed by atoms with van der Waals surface area (Å²) in [5, 5.41) is 9.32. The van der Waals surface area contributed by atoms with Gasteiger partial charge in [-0.05, 0) is 43.9 Å². The van der Waals surface area contributed by atoms with Crippen LogP contribution in [0.1, 0.15) is 24.0 Å².